The monoisotopic (exact) mass is 346 g/mol. The largest absolute Gasteiger partial charge is 0.350 e. The van der Waals surface area contributed by atoms with Crippen LogP contribution in [0.2, 0.25) is 0 Å². The van der Waals surface area contributed by atoms with Crippen molar-refractivity contribution < 1.29 is 13.2 Å². The fraction of sp³-hybridized carbons (Fsp3) is 0.278. The molecular weight excluding hydrogens is 324 g/mol. The first-order chi connectivity index (χ1) is 11.2. The van der Waals surface area contributed by atoms with E-state index in [1.807, 2.05) is 26.8 Å². The molecule has 0 atom stereocenters. The summed E-state index contributed by atoms with van der Waals surface area (Å²) < 4.78 is 27.7. The maximum atomic E-state index is 12.6. The molecule has 0 aliphatic carbocycles. The molecule has 6 heteroatoms. The van der Waals surface area contributed by atoms with Crippen LogP contribution in [0.15, 0.2) is 47.4 Å². The zero-order chi connectivity index (χ0) is 17.9. The molecule has 1 amide bonds. The smallest absolute Gasteiger partial charge is 0.261 e. The number of hydrogen-bond acceptors (Lipinski definition) is 3. The molecule has 128 valence electrons. The van der Waals surface area contributed by atoms with Gasteiger partial charge in [0.15, 0.2) is 0 Å². The second kappa shape index (κ2) is 7.05. The van der Waals surface area contributed by atoms with Gasteiger partial charge in [0, 0.05) is 17.3 Å². The quantitative estimate of drug-likeness (QED) is 0.873. The van der Waals surface area contributed by atoms with Crippen molar-refractivity contribution in [1.82, 2.24) is 5.32 Å². The van der Waals surface area contributed by atoms with E-state index in [2.05, 4.69) is 10.0 Å². The normalized spacial score (nSPS) is 11.4. The summed E-state index contributed by atoms with van der Waals surface area (Å²) in [7, 11) is -3.76. The minimum absolute atomic E-state index is 0.0254. The van der Waals surface area contributed by atoms with Crippen molar-refractivity contribution in [3.05, 3.63) is 59.2 Å². The Morgan fingerprint density at radius 2 is 1.75 bits per heavy atom. The second-order valence-corrected chi connectivity index (χ2v) is 7.76. The van der Waals surface area contributed by atoms with E-state index in [1.165, 1.54) is 12.1 Å². The predicted octanol–water partition coefficient (Wildman–Crippen LogP) is 3.24. The van der Waals surface area contributed by atoms with E-state index in [-0.39, 0.29) is 16.8 Å². The first kappa shape index (κ1) is 18.0. The van der Waals surface area contributed by atoms with Crippen molar-refractivity contribution in [2.24, 2.45) is 0 Å². The number of nitrogens with one attached hydrogen (secondary N) is 2. The van der Waals surface area contributed by atoms with Gasteiger partial charge in [-0.25, -0.2) is 8.42 Å². The van der Waals surface area contributed by atoms with Gasteiger partial charge in [0.2, 0.25) is 0 Å². The minimum Gasteiger partial charge on any atom is -0.350 e. The number of rotatable bonds is 5. The topological polar surface area (TPSA) is 75.3 Å². The molecule has 0 aromatic heterocycles. The van der Waals surface area contributed by atoms with E-state index in [1.54, 1.807) is 31.2 Å². The molecule has 0 aliphatic heterocycles. The van der Waals surface area contributed by atoms with E-state index in [4.69, 9.17) is 0 Å². The Kier molecular flexibility index (Phi) is 5.29. The maximum Gasteiger partial charge on any atom is 0.261 e. The molecule has 24 heavy (non-hydrogen) atoms. The van der Waals surface area contributed by atoms with E-state index < -0.39 is 10.0 Å². The van der Waals surface area contributed by atoms with Crippen LogP contribution < -0.4 is 10.0 Å². The summed E-state index contributed by atoms with van der Waals surface area (Å²) in [6.45, 7) is 7.37. The van der Waals surface area contributed by atoms with Crippen LogP contribution in [0.3, 0.4) is 0 Å². The molecule has 0 spiro atoms. The fourth-order valence-corrected chi connectivity index (χ4v) is 3.35. The molecule has 0 radical (unpaired) electrons. The van der Waals surface area contributed by atoms with Gasteiger partial charge in [-0.3, -0.25) is 9.52 Å². The number of aryl methyl sites for hydroxylation is 2. The van der Waals surface area contributed by atoms with Crippen LogP contribution in [-0.2, 0) is 10.0 Å². The molecule has 2 aromatic rings. The van der Waals surface area contributed by atoms with Gasteiger partial charge in [-0.2, -0.15) is 0 Å². The zero-order valence-electron chi connectivity index (χ0n) is 14.3. The number of carbonyl (C=O) groups is 1. The highest BCUT2D eigenvalue weighted by Crippen LogP contribution is 2.20. The standard InChI is InChI=1S/C18H22N2O3S/c1-12(2)19-18(21)17-11-16(9-8-14(17)4)24(22,23)20-15-7-5-6-13(3)10-15/h5-12,20H,1-4H3,(H,19,21). The lowest BCUT2D eigenvalue weighted by Gasteiger charge is -2.13. The van der Waals surface area contributed by atoms with Gasteiger partial charge in [0.05, 0.1) is 4.90 Å². The summed E-state index contributed by atoms with van der Waals surface area (Å²) >= 11 is 0. The van der Waals surface area contributed by atoms with Crippen molar-refractivity contribution in [1.29, 1.82) is 0 Å². The Morgan fingerprint density at radius 1 is 1.04 bits per heavy atom. The van der Waals surface area contributed by atoms with Crippen molar-refractivity contribution in [3.63, 3.8) is 0 Å². The summed E-state index contributed by atoms with van der Waals surface area (Å²) in [6, 6.07) is 11.6. The lowest BCUT2D eigenvalue weighted by atomic mass is 10.1. The molecule has 5 nitrogen and oxygen atoms in total. The molecule has 0 saturated carbocycles. The molecule has 0 fully saturated rings. The second-order valence-electron chi connectivity index (χ2n) is 6.08. The average Bonchev–Trinajstić information content (AvgIpc) is 2.46. The molecule has 0 heterocycles. The van der Waals surface area contributed by atoms with E-state index in [9.17, 15) is 13.2 Å². The van der Waals surface area contributed by atoms with Crippen LogP contribution in [0.25, 0.3) is 0 Å². The SMILES string of the molecule is Cc1cccc(NS(=O)(=O)c2ccc(C)c(C(=O)NC(C)C)c2)c1. The van der Waals surface area contributed by atoms with E-state index >= 15 is 0 Å². The molecule has 2 N–H and O–H groups in total. The Hall–Kier alpha value is -2.34. The van der Waals surface area contributed by atoms with Crippen LogP contribution in [0, 0.1) is 13.8 Å². The van der Waals surface area contributed by atoms with Gasteiger partial charge in [-0.1, -0.05) is 18.2 Å². The van der Waals surface area contributed by atoms with Crippen LogP contribution in [0.5, 0.6) is 0 Å². The van der Waals surface area contributed by atoms with Gasteiger partial charge >= 0.3 is 0 Å². The van der Waals surface area contributed by atoms with Crippen LogP contribution in [0.4, 0.5) is 5.69 Å². The lowest BCUT2D eigenvalue weighted by molar-refractivity contribution is 0.0942. The first-order valence-electron chi connectivity index (χ1n) is 7.70. The third kappa shape index (κ3) is 4.35. The van der Waals surface area contributed by atoms with Gasteiger partial charge in [0.25, 0.3) is 15.9 Å². The van der Waals surface area contributed by atoms with Crippen molar-refractivity contribution in [2.45, 2.75) is 38.6 Å². The predicted molar refractivity (Wildman–Crippen MR) is 95.8 cm³/mol. The van der Waals surface area contributed by atoms with Gasteiger partial charge in [-0.15, -0.1) is 0 Å². The van der Waals surface area contributed by atoms with E-state index in [0.29, 0.717) is 11.3 Å². The summed E-state index contributed by atoms with van der Waals surface area (Å²) in [6.07, 6.45) is 0. The summed E-state index contributed by atoms with van der Waals surface area (Å²) in [5.41, 5.74) is 2.53. The summed E-state index contributed by atoms with van der Waals surface area (Å²) in [5.74, 6) is -0.282. The molecule has 2 aromatic carbocycles. The van der Waals surface area contributed by atoms with E-state index in [0.717, 1.165) is 11.1 Å². The highest BCUT2D eigenvalue weighted by atomic mass is 32.2. The average molecular weight is 346 g/mol. The molecule has 0 bridgehead atoms. The van der Waals surface area contributed by atoms with Gasteiger partial charge < -0.3 is 5.32 Å². The van der Waals surface area contributed by atoms with Crippen molar-refractivity contribution in [3.8, 4) is 0 Å². The third-order valence-corrected chi connectivity index (χ3v) is 4.83. The molecule has 0 unspecified atom stereocenters. The Labute approximate surface area is 143 Å². The first-order valence-corrected chi connectivity index (χ1v) is 9.18. The molecule has 0 saturated heterocycles. The van der Waals surface area contributed by atoms with Crippen LogP contribution in [0.1, 0.15) is 35.3 Å². The molecule has 2 rings (SSSR count). The Bertz CT molecular complexity index is 858. The maximum absolute atomic E-state index is 12.6. The zero-order valence-corrected chi connectivity index (χ0v) is 15.1. The lowest BCUT2D eigenvalue weighted by Crippen LogP contribution is -2.30. The molecular formula is C18H22N2O3S. The van der Waals surface area contributed by atoms with Gasteiger partial charge in [-0.05, 0) is 63.1 Å². The van der Waals surface area contributed by atoms with Gasteiger partial charge in [0.1, 0.15) is 0 Å². The number of amides is 1. The van der Waals surface area contributed by atoms with Crippen molar-refractivity contribution in [2.75, 3.05) is 4.72 Å². The van der Waals surface area contributed by atoms with Crippen molar-refractivity contribution >= 4 is 21.6 Å². The third-order valence-electron chi connectivity index (χ3n) is 3.45. The Morgan fingerprint density at radius 3 is 2.38 bits per heavy atom. The summed E-state index contributed by atoms with van der Waals surface area (Å²) in [4.78, 5) is 12.3. The minimum atomic E-state index is -3.76. The number of benzene rings is 2. The van der Waals surface area contributed by atoms with Crippen LogP contribution >= 0.6 is 0 Å². The number of hydrogen-bond donors (Lipinski definition) is 2. The highest BCUT2D eigenvalue weighted by molar-refractivity contribution is 7.92. The fourth-order valence-electron chi connectivity index (χ4n) is 2.28. The number of sulfonamides is 1. The summed E-state index contributed by atoms with van der Waals surface area (Å²) in [5, 5.41) is 2.78. The molecule has 0 aliphatic rings. The highest BCUT2D eigenvalue weighted by Gasteiger charge is 2.18. The number of anilines is 1. The number of carbonyl (C=O) groups excluding carboxylic acids is 1. The Balaban J connectivity index is 2.35. The van der Waals surface area contributed by atoms with Crippen LogP contribution in [-0.4, -0.2) is 20.4 Å².